The van der Waals surface area contributed by atoms with Crippen molar-refractivity contribution in [3.8, 4) is 0 Å². The molecule has 0 radical (unpaired) electrons. The number of pyridine rings is 1. The van der Waals surface area contributed by atoms with Crippen LogP contribution in [0.1, 0.15) is 19.3 Å². The van der Waals surface area contributed by atoms with Crippen LogP contribution in [0, 0.1) is 0 Å². The first-order valence-corrected chi connectivity index (χ1v) is 4.91. The molecule has 0 saturated heterocycles. The molecule has 1 aliphatic carbocycles. The van der Waals surface area contributed by atoms with Crippen molar-refractivity contribution in [2.24, 2.45) is 0 Å². The van der Waals surface area contributed by atoms with Crippen LogP contribution < -0.4 is 11.1 Å². The zero-order chi connectivity index (χ0) is 9.97. The number of aliphatic hydroxyl groups excluding tert-OH is 1. The number of nitrogens with one attached hydrogen (secondary N) is 1. The lowest BCUT2D eigenvalue weighted by molar-refractivity contribution is 0.172. The fourth-order valence-corrected chi connectivity index (χ4v) is 1.86. The van der Waals surface area contributed by atoms with Crippen molar-refractivity contribution in [2.75, 3.05) is 11.1 Å². The fraction of sp³-hybridized carbons (Fsp3) is 0.500. The lowest BCUT2D eigenvalue weighted by Crippen LogP contribution is -2.27. The molecular weight excluding hydrogens is 178 g/mol. The summed E-state index contributed by atoms with van der Waals surface area (Å²) in [6.07, 6.45) is 6.06. The molecule has 1 heterocycles. The summed E-state index contributed by atoms with van der Waals surface area (Å²) >= 11 is 0. The molecule has 4 heteroatoms. The van der Waals surface area contributed by atoms with Gasteiger partial charge in [-0.2, -0.15) is 0 Å². The first kappa shape index (κ1) is 9.27. The Morgan fingerprint density at radius 1 is 1.43 bits per heavy atom. The van der Waals surface area contributed by atoms with E-state index in [9.17, 15) is 5.11 Å². The number of nitrogens with zero attached hydrogens (tertiary/aromatic N) is 1. The second-order valence-electron chi connectivity index (χ2n) is 3.76. The van der Waals surface area contributed by atoms with Crippen LogP contribution in [0.3, 0.4) is 0 Å². The number of aromatic nitrogens is 1. The molecule has 1 aliphatic rings. The molecule has 14 heavy (non-hydrogen) atoms. The van der Waals surface area contributed by atoms with Gasteiger partial charge in [-0.3, -0.25) is 4.98 Å². The first-order chi connectivity index (χ1) is 6.75. The lowest BCUT2D eigenvalue weighted by Gasteiger charge is -2.17. The van der Waals surface area contributed by atoms with Crippen LogP contribution in [0.15, 0.2) is 18.5 Å². The van der Waals surface area contributed by atoms with Gasteiger partial charge >= 0.3 is 0 Å². The summed E-state index contributed by atoms with van der Waals surface area (Å²) in [6.45, 7) is 0. The van der Waals surface area contributed by atoms with Gasteiger partial charge in [0.25, 0.3) is 0 Å². The first-order valence-electron chi connectivity index (χ1n) is 4.91. The van der Waals surface area contributed by atoms with E-state index in [1.165, 1.54) is 0 Å². The molecule has 4 N–H and O–H groups in total. The van der Waals surface area contributed by atoms with Crippen molar-refractivity contribution < 1.29 is 5.11 Å². The Morgan fingerprint density at radius 3 is 2.93 bits per heavy atom. The van der Waals surface area contributed by atoms with Gasteiger partial charge in [0.05, 0.1) is 29.7 Å². The average molecular weight is 193 g/mol. The molecule has 2 atom stereocenters. The van der Waals surface area contributed by atoms with Crippen LogP contribution in [0.2, 0.25) is 0 Å². The van der Waals surface area contributed by atoms with Crippen LogP contribution >= 0.6 is 0 Å². The number of aliphatic hydroxyl groups is 1. The van der Waals surface area contributed by atoms with E-state index in [4.69, 9.17) is 5.73 Å². The Morgan fingerprint density at radius 2 is 2.29 bits per heavy atom. The van der Waals surface area contributed by atoms with E-state index in [-0.39, 0.29) is 12.1 Å². The van der Waals surface area contributed by atoms with Crippen molar-refractivity contribution in [3.05, 3.63) is 18.5 Å². The molecule has 2 rings (SSSR count). The van der Waals surface area contributed by atoms with Crippen LogP contribution in [0.25, 0.3) is 0 Å². The van der Waals surface area contributed by atoms with E-state index < -0.39 is 0 Å². The molecule has 1 saturated carbocycles. The molecule has 1 aromatic rings. The topological polar surface area (TPSA) is 71.2 Å². The van der Waals surface area contributed by atoms with E-state index >= 15 is 0 Å². The summed E-state index contributed by atoms with van der Waals surface area (Å²) in [6, 6.07) is 1.98. The second kappa shape index (κ2) is 3.84. The number of nitrogen functional groups attached to an aromatic ring is 1. The third-order valence-electron chi connectivity index (χ3n) is 2.59. The summed E-state index contributed by atoms with van der Waals surface area (Å²) in [5.41, 5.74) is 7.13. The molecule has 76 valence electrons. The largest absolute Gasteiger partial charge is 0.397 e. The van der Waals surface area contributed by atoms with Crippen LogP contribution in [-0.4, -0.2) is 22.2 Å². The van der Waals surface area contributed by atoms with E-state index in [2.05, 4.69) is 10.3 Å². The molecule has 1 aromatic heterocycles. The van der Waals surface area contributed by atoms with E-state index in [0.29, 0.717) is 5.69 Å². The molecule has 0 spiro atoms. The minimum absolute atomic E-state index is 0.151. The molecule has 2 unspecified atom stereocenters. The summed E-state index contributed by atoms with van der Waals surface area (Å²) < 4.78 is 0. The van der Waals surface area contributed by atoms with Crippen molar-refractivity contribution in [3.63, 3.8) is 0 Å². The van der Waals surface area contributed by atoms with Gasteiger partial charge in [0.15, 0.2) is 0 Å². The normalized spacial score (nSPS) is 26.4. The average Bonchev–Trinajstić information content (AvgIpc) is 2.52. The van der Waals surface area contributed by atoms with Crippen molar-refractivity contribution in [2.45, 2.75) is 31.4 Å². The molecular formula is C10H15N3O. The van der Waals surface area contributed by atoms with Crippen LogP contribution in [0.4, 0.5) is 11.4 Å². The maximum absolute atomic E-state index is 9.61. The summed E-state index contributed by atoms with van der Waals surface area (Å²) in [5.74, 6) is 0. The van der Waals surface area contributed by atoms with Gasteiger partial charge in [0, 0.05) is 6.20 Å². The summed E-state index contributed by atoms with van der Waals surface area (Å²) in [5, 5.41) is 12.8. The second-order valence-corrected chi connectivity index (χ2v) is 3.76. The van der Waals surface area contributed by atoms with Gasteiger partial charge in [0.1, 0.15) is 0 Å². The van der Waals surface area contributed by atoms with E-state index in [1.54, 1.807) is 12.4 Å². The molecule has 4 nitrogen and oxygen atoms in total. The van der Waals surface area contributed by atoms with Crippen LogP contribution in [0.5, 0.6) is 0 Å². The third kappa shape index (κ3) is 1.96. The number of anilines is 2. The highest BCUT2D eigenvalue weighted by Gasteiger charge is 2.24. The monoisotopic (exact) mass is 193 g/mol. The molecule has 0 amide bonds. The summed E-state index contributed by atoms with van der Waals surface area (Å²) in [7, 11) is 0. The maximum atomic E-state index is 9.61. The SMILES string of the molecule is Nc1cncc(NC2CCCC2O)c1. The molecule has 0 aromatic carbocycles. The number of nitrogens with two attached hydrogens (primary N) is 1. The summed E-state index contributed by atoms with van der Waals surface area (Å²) in [4.78, 5) is 3.98. The third-order valence-corrected chi connectivity index (χ3v) is 2.59. The van der Waals surface area contributed by atoms with Gasteiger partial charge in [-0.15, -0.1) is 0 Å². The standard InChI is InChI=1S/C10H15N3O/c11-7-4-8(6-12-5-7)13-9-2-1-3-10(9)14/h4-6,9-10,13-14H,1-3,11H2. The fourth-order valence-electron chi connectivity index (χ4n) is 1.86. The highest BCUT2D eigenvalue weighted by atomic mass is 16.3. The maximum Gasteiger partial charge on any atom is 0.0741 e. The predicted octanol–water partition coefficient (Wildman–Crippen LogP) is 0.989. The Kier molecular flexibility index (Phi) is 2.54. The van der Waals surface area contributed by atoms with E-state index in [0.717, 1.165) is 24.9 Å². The Labute approximate surface area is 83.2 Å². The zero-order valence-corrected chi connectivity index (χ0v) is 7.98. The number of hydrogen-bond acceptors (Lipinski definition) is 4. The molecule has 0 bridgehead atoms. The Balaban J connectivity index is 2.03. The quantitative estimate of drug-likeness (QED) is 0.655. The van der Waals surface area contributed by atoms with Gasteiger partial charge in [-0.1, -0.05) is 0 Å². The number of rotatable bonds is 2. The van der Waals surface area contributed by atoms with Crippen molar-refractivity contribution in [1.82, 2.24) is 4.98 Å². The van der Waals surface area contributed by atoms with Crippen molar-refractivity contribution >= 4 is 11.4 Å². The van der Waals surface area contributed by atoms with Gasteiger partial charge in [0.2, 0.25) is 0 Å². The van der Waals surface area contributed by atoms with E-state index in [1.807, 2.05) is 6.07 Å². The number of hydrogen-bond donors (Lipinski definition) is 3. The van der Waals surface area contributed by atoms with Gasteiger partial charge in [-0.25, -0.2) is 0 Å². The predicted molar refractivity (Wildman–Crippen MR) is 55.9 cm³/mol. The Hall–Kier alpha value is -1.29. The lowest BCUT2D eigenvalue weighted by atomic mass is 10.2. The minimum Gasteiger partial charge on any atom is -0.397 e. The van der Waals surface area contributed by atoms with Crippen molar-refractivity contribution in [1.29, 1.82) is 0 Å². The van der Waals surface area contributed by atoms with Crippen LogP contribution in [-0.2, 0) is 0 Å². The highest BCUT2D eigenvalue weighted by Crippen LogP contribution is 2.23. The van der Waals surface area contributed by atoms with Gasteiger partial charge < -0.3 is 16.2 Å². The minimum atomic E-state index is -0.239. The highest BCUT2D eigenvalue weighted by molar-refractivity contribution is 5.51. The molecule has 1 fully saturated rings. The zero-order valence-electron chi connectivity index (χ0n) is 7.98. The van der Waals surface area contributed by atoms with Gasteiger partial charge in [-0.05, 0) is 25.3 Å². The Bertz CT molecular complexity index is 316. The molecule has 0 aliphatic heterocycles. The smallest absolute Gasteiger partial charge is 0.0741 e.